The fraction of sp³-hybridized carbons (Fsp3) is 0.382. The highest BCUT2D eigenvalue weighted by molar-refractivity contribution is 6.05. The van der Waals surface area contributed by atoms with E-state index in [9.17, 15) is 9.59 Å². The van der Waals surface area contributed by atoms with Crippen molar-refractivity contribution in [3.63, 3.8) is 0 Å². The third kappa shape index (κ3) is 7.73. The standard InChI is InChI=1S/C34H41N5O6/c1-24-9-11-25(12-10-24)30-22-29(27-14-13-26(42-2)21-32(27)44-4)36-39(30)33(40)23-38(16-15-37-17-19-45-20-18-37)34(41)35-28-7-5-6-8-31(28)43-3/h5-14,21,30H,15-20,22-23H2,1-4H3,(H,35,41)/t30-/m0/s1. The van der Waals surface area contributed by atoms with Crippen molar-refractivity contribution < 1.29 is 28.5 Å². The monoisotopic (exact) mass is 615 g/mol. The summed E-state index contributed by atoms with van der Waals surface area (Å²) in [5, 5.41) is 9.30. The first-order chi connectivity index (χ1) is 21.9. The maximum Gasteiger partial charge on any atom is 0.322 e. The van der Waals surface area contributed by atoms with Crippen LogP contribution in [-0.4, -0.2) is 99.7 Å². The van der Waals surface area contributed by atoms with E-state index in [0.29, 0.717) is 61.4 Å². The number of hydrazone groups is 1. The smallest absolute Gasteiger partial charge is 0.322 e. The van der Waals surface area contributed by atoms with Crippen molar-refractivity contribution >= 4 is 23.3 Å². The number of ether oxygens (including phenoxy) is 4. The van der Waals surface area contributed by atoms with Gasteiger partial charge in [-0.1, -0.05) is 42.0 Å². The minimum Gasteiger partial charge on any atom is -0.497 e. The Hall–Kier alpha value is -4.61. The molecule has 45 heavy (non-hydrogen) atoms. The van der Waals surface area contributed by atoms with Gasteiger partial charge in [-0.15, -0.1) is 0 Å². The Morgan fingerprint density at radius 3 is 2.40 bits per heavy atom. The number of carbonyl (C=O) groups excluding carboxylic acids is 2. The molecule has 3 amide bonds. The van der Waals surface area contributed by atoms with E-state index in [-0.39, 0.29) is 18.5 Å². The van der Waals surface area contributed by atoms with Gasteiger partial charge in [0.05, 0.1) is 52.0 Å². The molecule has 2 aliphatic rings. The molecule has 0 spiro atoms. The van der Waals surface area contributed by atoms with Gasteiger partial charge in [0.25, 0.3) is 5.91 Å². The molecule has 1 fully saturated rings. The summed E-state index contributed by atoms with van der Waals surface area (Å²) in [5.41, 5.74) is 4.10. The van der Waals surface area contributed by atoms with Gasteiger partial charge in [0.1, 0.15) is 23.8 Å². The van der Waals surface area contributed by atoms with Crippen molar-refractivity contribution in [3.05, 3.63) is 83.4 Å². The zero-order valence-electron chi connectivity index (χ0n) is 26.3. The summed E-state index contributed by atoms with van der Waals surface area (Å²) in [7, 11) is 4.75. The van der Waals surface area contributed by atoms with E-state index >= 15 is 0 Å². The SMILES string of the molecule is COc1ccc(C2=NN(C(=O)CN(CCN3CCOCC3)C(=O)Nc3ccccc3OC)[C@H](c3ccc(C)cc3)C2)c(OC)c1. The predicted molar refractivity (Wildman–Crippen MR) is 172 cm³/mol. The van der Waals surface area contributed by atoms with Crippen molar-refractivity contribution in [1.82, 2.24) is 14.8 Å². The third-order valence-electron chi connectivity index (χ3n) is 8.10. The molecule has 11 nitrogen and oxygen atoms in total. The molecular formula is C34H41N5O6. The summed E-state index contributed by atoms with van der Waals surface area (Å²) in [6.07, 6.45) is 0.485. The first-order valence-electron chi connectivity index (χ1n) is 15.1. The molecule has 0 radical (unpaired) electrons. The van der Waals surface area contributed by atoms with Crippen molar-refractivity contribution in [1.29, 1.82) is 0 Å². The lowest BCUT2D eigenvalue weighted by molar-refractivity contribution is -0.133. The Labute approximate surface area is 264 Å². The first-order valence-corrected chi connectivity index (χ1v) is 15.1. The maximum atomic E-state index is 14.2. The molecule has 2 aliphatic heterocycles. The fourth-order valence-electron chi connectivity index (χ4n) is 5.51. The zero-order valence-corrected chi connectivity index (χ0v) is 26.3. The fourth-order valence-corrected chi connectivity index (χ4v) is 5.51. The van der Waals surface area contributed by atoms with Gasteiger partial charge in [0, 0.05) is 44.2 Å². The molecule has 11 heteroatoms. The lowest BCUT2D eigenvalue weighted by Crippen LogP contribution is -2.47. The van der Waals surface area contributed by atoms with Crippen LogP contribution in [0.4, 0.5) is 10.5 Å². The lowest BCUT2D eigenvalue weighted by atomic mass is 9.97. The zero-order chi connectivity index (χ0) is 31.8. The van der Waals surface area contributed by atoms with Crippen molar-refractivity contribution in [2.24, 2.45) is 5.10 Å². The van der Waals surface area contributed by atoms with E-state index in [0.717, 1.165) is 29.8 Å². The van der Waals surface area contributed by atoms with Crippen LogP contribution in [0, 0.1) is 6.92 Å². The number of morpholine rings is 1. The Morgan fingerprint density at radius 2 is 1.69 bits per heavy atom. The Kier molecular flexibility index (Phi) is 10.5. The average molecular weight is 616 g/mol. The van der Waals surface area contributed by atoms with Gasteiger partial charge in [-0.3, -0.25) is 9.69 Å². The number of rotatable bonds is 11. The lowest BCUT2D eigenvalue weighted by Gasteiger charge is -2.31. The molecule has 1 saturated heterocycles. The van der Waals surface area contributed by atoms with Crippen LogP contribution in [0.5, 0.6) is 17.2 Å². The Balaban J connectivity index is 1.43. The summed E-state index contributed by atoms with van der Waals surface area (Å²) in [5.74, 6) is 1.51. The number of para-hydroxylation sites is 2. The number of hydrogen-bond donors (Lipinski definition) is 1. The Morgan fingerprint density at radius 1 is 0.956 bits per heavy atom. The number of carbonyl (C=O) groups is 2. The van der Waals surface area contributed by atoms with Crippen LogP contribution in [0.15, 0.2) is 71.8 Å². The maximum absolute atomic E-state index is 14.2. The molecule has 0 bridgehead atoms. The number of nitrogens with zero attached hydrogens (tertiary/aromatic N) is 4. The van der Waals surface area contributed by atoms with Crippen molar-refractivity contribution in [2.45, 2.75) is 19.4 Å². The quantitative estimate of drug-likeness (QED) is 0.337. The highest BCUT2D eigenvalue weighted by Crippen LogP contribution is 2.36. The van der Waals surface area contributed by atoms with Gasteiger partial charge in [-0.2, -0.15) is 5.10 Å². The molecule has 1 atom stereocenters. The minimum absolute atomic E-state index is 0.162. The number of methoxy groups -OCH3 is 3. The largest absolute Gasteiger partial charge is 0.497 e. The number of anilines is 1. The second kappa shape index (κ2) is 14.9. The van der Waals surface area contributed by atoms with Gasteiger partial charge in [0.2, 0.25) is 0 Å². The van der Waals surface area contributed by atoms with E-state index in [1.54, 1.807) is 39.5 Å². The normalized spacial score (nSPS) is 16.6. The first kappa shape index (κ1) is 31.8. The molecule has 0 aliphatic carbocycles. The van der Waals surface area contributed by atoms with Crippen LogP contribution in [0.2, 0.25) is 0 Å². The van der Waals surface area contributed by atoms with Gasteiger partial charge in [0.15, 0.2) is 0 Å². The summed E-state index contributed by atoms with van der Waals surface area (Å²) < 4.78 is 22.0. The number of nitrogens with one attached hydrogen (secondary N) is 1. The third-order valence-corrected chi connectivity index (χ3v) is 8.10. The molecule has 0 saturated carbocycles. The number of urea groups is 1. The van der Waals surface area contributed by atoms with E-state index < -0.39 is 6.03 Å². The molecule has 3 aromatic rings. The number of aryl methyl sites for hydroxylation is 1. The highest BCUT2D eigenvalue weighted by Gasteiger charge is 2.35. The number of hydrogen-bond acceptors (Lipinski definition) is 8. The van der Waals surface area contributed by atoms with E-state index in [1.807, 2.05) is 55.5 Å². The molecule has 3 aromatic carbocycles. The van der Waals surface area contributed by atoms with Crippen LogP contribution in [-0.2, 0) is 9.53 Å². The average Bonchev–Trinajstić information content (AvgIpc) is 3.52. The molecule has 1 N–H and O–H groups in total. The van der Waals surface area contributed by atoms with Gasteiger partial charge in [-0.05, 0) is 36.8 Å². The molecule has 0 aromatic heterocycles. The molecule has 238 valence electrons. The second-order valence-electron chi connectivity index (χ2n) is 11.0. The van der Waals surface area contributed by atoms with Crippen molar-refractivity contribution in [2.75, 3.05) is 72.6 Å². The Bertz CT molecular complexity index is 1510. The molecule has 0 unspecified atom stereocenters. The summed E-state index contributed by atoms with van der Waals surface area (Å²) >= 11 is 0. The molecule has 2 heterocycles. The summed E-state index contributed by atoms with van der Waals surface area (Å²) in [6, 6.07) is 20.1. The topological polar surface area (TPSA) is 105 Å². The van der Waals surface area contributed by atoms with Crippen LogP contribution in [0.3, 0.4) is 0 Å². The van der Waals surface area contributed by atoms with E-state index in [1.165, 1.54) is 9.91 Å². The second-order valence-corrected chi connectivity index (χ2v) is 11.0. The van der Waals surface area contributed by atoms with Crippen LogP contribution < -0.4 is 19.5 Å². The number of benzene rings is 3. The molecule has 5 rings (SSSR count). The predicted octanol–water partition coefficient (Wildman–Crippen LogP) is 4.56. The van der Waals surface area contributed by atoms with Crippen molar-refractivity contribution in [3.8, 4) is 17.2 Å². The minimum atomic E-state index is -0.395. The van der Waals surface area contributed by atoms with E-state index in [2.05, 4.69) is 10.2 Å². The molecular weight excluding hydrogens is 574 g/mol. The van der Waals surface area contributed by atoms with Crippen LogP contribution in [0.25, 0.3) is 0 Å². The van der Waals surface area contributed by atoms with Crippen LogP contribution in [0.1, 0.15) is 29.2 Å². The summed E-state index contributed by atoms with van der Waals surface area (Å²) in [4.78, 5) is 31.6. The summed E-state index contributed by atoms with van der Waals surface area (Å²) in [6.45, 7) is 5.65. The highest BCUT2D eigenvalue weighted by atomic mass is 16.5. The van der Waals surface area contributed by atoms with Gasteiger partial charge < -0.3 is 29.2 Å². The van der Waals surface area contributed by atoms with E-state index in [4.69, 9.17) is 24.0 Å². The van der Waals surface area contributed by atoms with Gasteiger partial charge >= 0.3 is 6.03 Å². The number of amides is 3. The van der Waals surface area contributed by atoms with Gasteiger partial charge in [-0.25, -0.2) is 9.80 Å². The van der Waals surface area contributed by atoms with Crippen LogP contribution >= 0.6 is 0 Å².